The van der Waals surface area contributed by atoms with Crippen LogP contribution < -0.4 is 10.2 Å². The van der Waals surface area contributed by atoms with E-state index in [-0.39, 0.29) is 0 Å². The van der Waals surface area contributed by atoms with Crippen LogP contribution in [0.15, 0.2) is 18.7 Å². The summed E-state index contributed by atoms with van der Waals surface area (Å²) in [5.41, 5.74) is 8.98. The molecule has 0 amide bonds. The van der Waals surface area contributed by atoms with E-state index in [0.717, 1.165) is 63.4 Å². The van der Waals surface area contributed by atoms with Crippen LogP contribution in [-0.2, 0) is 24.3 Å². The lowest BCUT2D eigenvalue weighted by atomic mass is 9.79. The van der Waals surface area contributed by atoms with Gasteiger partial charge in [0.2, 0.25) is 0 Å². The molecule has 188 valence electrons. The minimum atomic E-state index is -1.09. The summed E-state index contributed by atoms with van der Waals surface area (Å²) in [5, 5.41) is 3.44. The van der Waals surface area contributed by atoms with Crippen molar-refractivity contribution in [2.75, 3.05) is 37.7 Å². The lowest BCUT2D eigenvalue weighted by Gasteiger charge is -2.33. The predicted octanol–water partition coefficient (Wildman–Crippen LogP) is 4.44. The number of aromatic nitrogens is 4. The number of aryl methyl sites for hydroxylation is 1. The molecular formula is C27H40N6OSi. The maximum absolute atomic E-state index is 6.07. The number of piperazine rings is 1. The molecular weight excluding hydrogens is 452 g/mol. The molecule has 1 fully saturated rings. The Bertz CT molecular complexity index is 1190. The van der Waals surface area contributed by atoms with E-state index in [1.165, 1.54) is 39.5 Å². The third kappa shape index (κ3) is 5.15. The van der Waals surface area contributed by atoms with E-state index in [9.17, 15) is 0 Å². The predicted molar refractivity (Wildman–Crippen MR) is 145 cm³/mol. The topological polar surface area (TPSA) is 68.1 Å². The van der Waals surface area contributed by atoms with Gasteiger partial charge in [-0.3, -0.25) is 0 Å². The highest BCUT2D eigenvalue weighted by molar-refractivity contribution is 6.76. The van der Waals surface area contributed by atoms with E-state index in [1.807, 2.05) is 6.33 Å². The van der Waals surface area contributed by atoms with Crippen LogP contribution in [0.3, 0.4) is 0 Å². The van der Waals surface area contributed by atoms with Crippen molar-refractivity contribution in [1.29, 1.82) is 0 Å². The molecule has 0 spiro atoms. The van der Waals surface area contributed by atoms with Crippen LogP contribution in [0.25, 0.3) is 11.0 Å². The zero-order valence-electron chi connectivity index (χ0n) is 22.0. The Morgan fingerprint density at radius 1 is 1.11 bits per heavy atom. The number of fused-ring (bicyclic) bond motifs is 2. The molecule has 35 heavy (non-hydrogen) atoms. The van der Waals surface area contributed by atoms with Gasteiger partial charge in [0.25, 0.3) is 0 Å². The van der Waals surface area contributed by atoms with Crippen molar-refractivity contribution in [2.24, 2.45) is 0 Å². The van der Waals surface area contributed by atoms with E-state index in [2.05, 4.69) is 54.3 Å². The van der Waals surface area contributed by atoms with E-state index in [1.54, 1.807) is 6.33 Å². The summed E-state index contributed by atoms with van der Waals surface area (Å²) in [6, 6.07) is 3.47. The summed E-state index contributed by atoms with van der Waals surface area (Å²) in [6.45, 7) is 17.1. The van der Waals surface area contributed by atoms with Crippen LogP contribution in [0, 0.1) is 13.8 Å². The fraction of sp³-hybridized carbons (Fsp3) is 0.593. The molecule has 1 atom stereocenters. The molecule has 1 saturated heterocycles. The second kappa shape index (κ2) is 9.99. The summed E-state index contributed by atoms with van der Waals surface area (Å²) in [4.78, 5) is 16.8. The first kappa shape index (κ1) is 24.4. The fourth-order valence-electron chi connectivity index (χ4n) is 5.52. The average molecular weight is 493 g/mol. The number of ether oxygens (including phenoxy) is 1. The number of hydrogen-bond acceptors (Lipinski definition) is 6. The van der Waals surface area contributed by atoms with Crippen molar-refractivity contribution in [3.8, 4) is 0 Å². The van der Waals surface area contributed by atoms with Crippen molar-refractivity contribution in [1.82, 2.24) is 24.8 Å². The van der Waals surface area contributed by atoms with E-state index >= 15 is 0 Å². The van der Waals surface area contributed by atoms with Crippen molar-refractivity contribution >= 4 is 24.9 Å². The average Bonchev–Trinajstić information content (AvgIpc) is 3.23. The van der Waals surface area contributed by atoms with Crippen LogP contribution in [0.1, 0.15) is 40.3 Å². The lowest BCUT2D eigenvalue weighted by molar-refractivity contribution is 0.0898. The summed E-state index contributed by atoms with van der Waals surface area (Å²) in [6.07, 6.45) is 6.82. The van der Waals surface area contributed by atoms with Crippen LogP contribution in [0.5, 0.6) is 0 Å². The second-order valence-electron chi connectivity index (χ2n) is 11.5. The van der Waals surface area contributed by atoms with Gasteiger partial charge in [0, 0.05) is 52.1 Å². The molecule has 2 aliphatic rings. The first-order chi connectivity index (χ1) is 16.8. The quantitative estimate of drug-likeness (QED) is 0.389. The van der Waals surface area contributed by atoms with E-state index < -0.39 is 8.07 Å². The highest BCUT2D eigenvalue weighted by Gasteiger charge is 2.29. The zero-order chi connectivity index (χ0) is 24.6. The first-order valence-corrected chi connectivity index (χ1v) is 16.8. The van der Waals surface area contributed by atoms with Gasteiger partial charge in [0.1, 0.15) is 18.9 Å². The summed E-state index contributed by atoms with van der Waals surface area (Å²) < 4.78 is 8.24. The van der Waals surface area contributed by atoms with Crippen LogP contribution in [0.4, 0.5) is 5.82 Å². The van der Waals surface area contributed by atoms with Crippen molar-refractivity contribution in [2.45, 2.75) is 71.4 Å². The largest absolute Gasteiger partial charge is 0.361 e. The van der Waals surface area contributed by atoms with Crippen molar-refractivity contribution in [3.05, 3.63) is 46.7 Å². The minimum absolute atomic E-state index is 0.423. The molecule has 5 rings (SSSR count). The molecule has 1 N–H and O–H groups in total. The monoisotopic (exact) mass is 492 g/mol. The molecule has 8 heteroatoms. The molecule has 1 aliphatic heterocycles. The summed E-state index contributed by atoms with van der Waals surface area (Å²) >= 11 is 0. The van der Waals surface area contributed by atoms with Crippen LogP contribution >= 0.6 is 0 Å². The molecule has 2 aromatic heterocycles. The molecule has 1 aliphatic carbocycles. The smallest absolute Gasteiger partial charge is 0.135 e. The standard InChI is InChI=1S/C27H40N6OSi/c1-19-14-24-26(31-17-33(24)18-34-12-13-35(3,4)5)25(20(19)2)21-6-7-22-23(15-21)29-16-30-27(22)32-10-8-28-9-11-32/h14,16-17,21,28H,6-13,15,18H2,1-5H3. The van der Waals surface area contributed by atoms with Crippen LogP contribution in [-0.4, -0.2) is 60.4 Å². The number of imidazole rings is 1. The molecule has 7 nitrogen and oxygen atoms in total. The summed E-state index contributed by atoms with van der Waals surface area (Å²) in [7, 11) is -1.09. The number of anilines is 1. The van der Waals surface area contributed by atoms with Gasteiger partial charge in [-0.15, -0.1) is 0 Å². The van der Waals surface area contributed by atoms with Gasteiger partial charge in [0.05, 0.1) is 17.4 Å². The van der Waals surface area contributed by atoms with Gasteiger partial charge in [-0.2, -0.15) is 0 Å². The molecule has 0 saturated carbocycles. The molecule has 1 aromatic carbocycles. The number of benzene rings is 1. The normalized spacial score (nSPS) is 18.8. The number of hydrogen-bond donors (Lipinski definition) is 1. The van der Waals surface area contributed by atoms with Gasteiger partial charge in [-0.1, -0.05) is 19.6 Å². The Morgan fingerprint density at radius 3 is 2.69 bits per heavy atom. The number of nitrogens with one attached hydrogen (secondary N) is 1. The van der Waals surface area contributed by atoms with Gasteiger partial charge in [-0.05, 0) is 67.8 Å². The number of rotatable bonds is 7. The minimum Gasteiger partial charge on any atom is -0.361 e. The Balaban J connectivity index is 1.40. The highest BCUT2D eigenvalue weighted by Crippen LogP contribution is 2.40. The lowest BCUT2D eigenvalue weighted by Crippen LogP contribution is -2.44. The molecule has 0 radical (unpaired) electrons. The van der Waals surface area contributed by atoms with E-state index in [4.69, 9.17) is 19.7 Å². The van der Waals surface area contributed by atoms with Crippen molar-refractivity contribution < 1.29 is 4.74 Å². The number of nitrogens with zero attached hydrogens (tertiary/aromatic N) is 5. The van der Waals surface area contributed by atoms with Crippen molar-refractivity contribution in [3.63, 3.8) is 0 Å². The Hall–Kier alpha value is -2.29. The second-order valence-corrected chi connectivity index (χ2v) is 17.1. The third-order valence-corrected chi connectivity index (χ3v) is 9.43. The molecule has 0 bridgehead atoms. The van der Waals surface area contributed by atoms with Crippen LogP contribution in [0.2, 0.25) is 25.7 Å². The molecule has 3 heterocycles. The summed E-state index contributed by atoms with van der Waals surface area (Å²) in [5.74, 6) is 1.58. The Kier molecular flexibility index (Phi) is 6.97. The molecule has 1 unspecified atom stereocenters. The van der Waals surface area contributed by atoms with E-state index in [0.29, 0.717) is 12.6 Å². The zero-order valence-corrected chi connectivity index (χ0v) is 23.0. The maximum Gasteiger partial charge on any atom is 0.135 e. The maximum atomic E-state index is 6.07. The highest BCUT2D eigenvalue weighted by atomic mass is 28.3. The first-order valence-electron chi connectivity index (χ1n) is 13.1. The Morgan fingerprint density at radius 2 is 1.91 bits per heavy atom. The fourth-order valence-corrected chi connectivity index (χ4v) is 6.27. The van der Waals surface area contributed by atoms with Gasteiger partial charge in [0.15, 0.2) is 0 Å². The van der Waals surface area contributed by atoms with Gasteiger partial charge < -0.3 is 19.5 Å². The van der Waals surface area contributed by atoms with Gasteiger partial charge in [-0.25, -0.2) is 15.0 Å². The SMILES string of the molecule is Cc1cc2c(ncn2COCC[Si](C)(C)C)c(C2CCc3c(ncnc3N3CCNCC3)C2)c1C. The Labute approximate surface area is 210 Å². The molecule has 3 aromatic rings. The third-order valence-electron chi connectivity index (χ3n) is 7.73. The van der Waals surface area contributed by atoms with Gasteiger partial charge >= 0.3 is 0 Å².